The molecule has 0 aliphatic carbocycles. The quantitative estimate of drug-likeness (QED) is 0.230. The van der Waals surface area contributed by atoms with Gasteiger partial charge in [-0.3, -0.25) is 9.36 Å². The molecule has 0 radical (unpaired) electrons. The Morgan fingerprint density at radius 3 is 2.33 bits per heavy atom. The first-order valence-corrected chi connectivity index (χ1v) is 14.7. The number of thiazole rings is 1. The maximum atomic E-state index is 13.8. The van der Waals surface area contributed by atoms with Crippen LogP contribution in [0.3, 0.4) is 0 Å². The molecule has 39 heavy (non-hydrogen) atoms. The van der Waals surface area contributed by atoms with E-state index < -0.39 is 12.0 Å². The van der Waals surface area contributed by atoms with E-state index in [4.69, 9.17) is 9.47 Å². The summed E-state index contributed by atoms with van der Waals surface area (Å²) in [7, 11) is 0. The Bertz CT molecular complexity index is 1720. The van der Waals surface area contributed by atoms with E-state index in [-0.39, 0.29) is 12.2 Å². The van der Waals surface area contributed by atoms with Crippen LogP contribution in [-0.2, 0) is 16.1 Å². The highest BCUT2D eigenvalue weighted by atomic mass is 79.9. The topological polar surface area (TPSA) is 69.9 Å². The molecular formula is C30H24Br2N2O4S. The van der Waals surface area contributed by atoms with Crippen molar-refractivity contribution in [3.8, 4) is 5.75 Å². The fourth-order valence-electron chi connectivity index (χ4n) is 4.42. The van der Waals surface area contributed by atoms with Crippen molar-refractivity contribution in [3.63, 3.8) is 0 Å². The first-order chi connectivity index (χ1) is 18.9. The van der Waals surface area contributed by atoms with Crippen LogP contribution in [0.1, 0.15) is 36.6 Å². The number of benzene rings is 3. The highest BCUT2D eigenvalue weighted by Crippen LogP contribution is 2.36. The highest BCUT2D eigenvalue weighted by Gasteiger charge is 2.33. The van der Waals surface area contributed by atoms with Gasteiger partial charge in [0.1, 0.15) is 12.4 Å². The molecule has 3 aromatic carbocycles. The minimum atomic E-state index is -0.629. The molecule has 1 atom stereocenters. The van der Waals surface area contributed by atoms with Crippen molar-refractivity contribution < 1.29 is 14.3 Å². The molecule has 4 aromatic rings. The molecule has 0 saturated carbocycles. The first kappa shape index (κ1) is 27.3. The summed E-state index contributed by atoms with van der Waals surface area (Å²) < 4.78 is 15.0. The van der Waals surface area contributed by atoms with Gasteiger partial charge in [-0.2, -0.15) is 0 Å². The smallest absolute Gasteiger partial charge is 0.338 e. The van der Waals surface area contributed by atoms with Crippen LogP contribution in [0.25, 0.3) is 6.08 Å². The van der Waals surface area contributed by atoms with Crippen LogP contribution in [0.5, 0.6) is 5.75 Å². The van der Waals surface area contributed by atoms with E-state index in [1.165, 1.54) is 11.3 Å². The van der Waals surface area contributed by atoms with Gasteiger partial charge in [-0.1, -0.05) is 72.0 Å². The number of rotatable bonds is 7. The number of hydrogen-bond acceptors (Lipinski definition) is 6. The van der Waals surface area contributed by atoms with Crippen LogP contribution in [0.15, 0.2) is 103 Å². The van der Waals surface area contributed by atoms with E-state index in [2.05, 4.69) is 36.9 Å². The number of nitrogens with zero attached hydrogens (tertiary/aromatic N) is 2. The Morgan fingerprint density at radius 2 is 1.69 bits per heavy atom. The summed E-state index contributed by atoms with van der Waals surface area (Å²) in [5.41, 5.74) is 3.37. The number of esters is 1. The average Bonchev–Trinajstić information content (AvgIpc) is 3.22. The summed E-state index contributed by atoms with van der Waals surface area (Å²) in [6.07, 6.45) is 1.83. The maximum Gasteiger partial charge on any atom is 0.338 e. The van der Waals surface area contributed by atoms with Gasteiger partial charge in [-0.15, -0.1) is 0 Å². The summed E-state index contributed by atoms with van der Waals surface area (Å²) in [4.78, 5) is 31.9. The third kappa shape index (κ3) is 5.71. The van der Waals surface area contributed by atoms with E-state index in [0.717, 1.165) is 25.6 Å². The van der Waals surface area contributed by atoms with E-state index in [0.29, 0.717) is 33.0 Å². The zero-order chi connectivity index (χ0) is 27.5. The lowest BCUT2D eigenvalue weighted by atomic mass is 9.96. The van der Waals surface area contributed by atoms with Crippen molar-refractivity contribution in [2.45, 2.75) is 26.5 Å². The van der Waals surface area contributed by atoms with E-state index in [1.807, 2.05) is 78.9 Å². The Balaban J connectivity index is 1.56. The molecule has 0 N–H and O–H groups in total. The Morgan fingerprint density at radius 1 is 1.05 bits per heavy atom. The summed E-state index contributed by atoms with van der Waals surface area (Å²) in [5.74, 6) is 0.206. The second-order valence-electron chi connectivity index (χ2n) is 8.80. The molecule has 1 aliphatic rings. The van der Waals surface area contributed by atoms with Gasteiger partial charge in [0.15, 0.2) is 4.80 Å². The van der Waals surface area contributed by atoms with Crippen molar-refractivity contribution in [1.82, 2.24) is 4.57 Å². The number of carbonyl (C=O) groups is 1. The second-order valence-corrected chi connectivity index (χ2v) is 11.5. The van der Waals surface area contributed by atoms with Gasteiger partial charge >= 0.3 is 5.97 Å². The molecular weight excluding hydrogens is 644 g/mol. The van der Waals surface area contributed by atoms with E-state index in [1.54, 1.807) is 18.4 Å². The molecule has 1 aliphatic heterocycles. The normalized spacial score (nSPS) is 15.1. The number of halogens is 2. The zero-order valence-corrected chi connectivity index (χ0v) is 25.2. The standard InChI is InChI=1S/C30H24Br2N2O4S/c1-3-37-29(36)25-18(2)33-30-34(26(25)21-12-8-5-9-13-21)28(35)24(39-30)16-20-14-22(31)27(23(32)15-20)38-17-19-10-6-4-7-11-19/h4-16,26H,3,17H2,1-2H3/b24-16+/t26-/m0/s1. The lowest BCUT2D eigenvalue weighted by Crippen LogP contribution is -2.39. The van der Waals surface area contributed by atoms with Crippen LogP contribution >= 0.6 is 43.2 Å². The fourth-order valence-corrected chi connectivity index (χ4v) is 6.92. The molecule has 2 heterocycles. The number of allylic oxidation sites excluding steroid dienone is 1. The van der Waals surface area contributed by atoms with Crippen LogP contribution < -0.4 is 19.6 Å². The van der Waals surface area contributed by atoms with Gasteiger partial charge in [0.05, 0.1) is 37.4 Å². The number of aromatic nitrogens is 1. The number of fused-ring (bicyclic) bond motifs is 1. The molecule has 5 rings (SSSR count). The van der Waals surface area contributed by atoms with Crippen molar-refractivity contribution in [2.24, 2.45) is 4.99 Å². The lowest BCUT2D eigenvalue weighted by molar-refractivity contribution is -0.139. The molecule has 1 aromatic heterocycles. The number of hydrogen-bond donors (Lipinski definition) is 0. The van der Waals surface area contributed by atoms with Crippen LogP contribution in [-0.4, -0.2) is 17.1 Å². The summed E-state index contributed by atoms with van der Waals surface area (Å²) in [6, 6.07) is 22.6. The summed E-state index contributed by atoms with van der Waals surface area (Å²) >= 11 is 8.52. The van der Waals surface area contributed by atoms with E-state index >= 15 is 0 Å². The highest BCUT2D eigenvalue weighted by molar-refractivity contribution is 9.11. The third-order valence-corrected chi connectivity index (χ3v) is 8.34. The predicted molar refractivity (Wildman–Crippen MR) is 159 cm³/mol. The van der Waals surface area contributed by atoms with Gasteiger partial charge < -0.3 is 9.47 Å². The number of carbonyl (C=O) groups excluding carboxylic acids is 1. The van der Waals surface area contributed by atoms with Gasteiger partial charge in [0, 0.05) is 0 Å². The van der Waals surface area contributed by atoms with Crippen molar-refractivity contribution in [3.05, 3.63) is 129 Å². The Kier molecular flexibility index (Phi) is 8.30. The van der Waals surface area contributed by atoms with Gasteiger partial charge in [-0.05, 0) is 80.6 Å². The molecule has 0 amide bonds. The van der Waals surface area contributed by atoms with Gasteiger partial charge in [-0.25, -0.2) is 9.79 Å². The molecule has 198 valence electrons. The Labute approximate surface area is 246 Å². The zero-order valence-electron chi connectivity index (χ0n) is 21.2. The lowest BCUT2D eigenvalue weighted by Gasteiger charge is -2.24. The molecule has 0 saturated heterocycles. The monoisotopic (exact) mass is 666 g/mol. The van der Waals surface area contributed by atoms with Crippen LogP contribution in [0.2, 0.25) is 0 Å². The Hall–Kier alpha value is -3.27. The predicted octanol–water partition coefficient (Wildman–Crippen LogP) is 5.90. The molecule has 0 bridgehead atoms. The van der Waals surface area contributed by atoms with Gasteiger partial charge in [0.25, 0.3) is 5.56 Å². The number of ether oxygens (including phenoxy) is 2. The third-order valence-electron chi connectivity index (χ3n) is 6.18. The van der Waals surface area contributed by atoms with Crippen LogP contribution in [0.4, 0.5) is 0 Å². The first-order valence-electron chi connectivity index (χ1n) is 12.3. The summed E-state index contributed by atoms with van der Waals surface area (Å²) in [6.45, 7) is 4.20. The molecule has 0 unspecified atom stereocenters. The van der Waals surface area contributed by atoms with Crippen LogP contribution in [0, 0.1) is 0 Å². The van der Waals surface area contributed by atoms with Crippen molar-refractivity contribution in [1.29, 1.82) is 0 Å². The second kappa shape index (κ2) is 11.9. The maximum absolute atomic E-state index is 13.8. The molecule has 0 spiro atoms. The van der Waals surface area contributed by atoms with Crippen molar-refractivity contribution >= 4 is 55.2 Å². The largest absolute Gasteiger partial charge is 0.487 e. The van der Waals surface area contributed by atoms with E-state index in [9.17, 15) is 9.59 Å². The molecule has 6 nitrogen and oxygen atoms in total. The fraction of sp³-hybridized carbons (Fsp3) is 0.167. The molecule has 9 heteroatoms. The minimum absolute atomic E-state index is 0.224. The molecule has 0 fully saturated rings. The summed E-state index contributed by atoms with van der Waals surface area (Å²) in [5, 5.41) is 0. The SMILES string of the molecule is CCOC(=O)C1=C(C)N=c2s/c(=C/c3cc(Br)c(OCc4ccccc4)c(Br)c3)c(=O)n2[C@H]1c1ccccc1. The van der Waals surface area contributed by atoms with Crippen molar-refractivity contribution in [2.75, 3.05) is 6.61 Å². The average molecular weight is 668 g/mol. The van der Waals surface area contributed by atoms with Gasteiger partial charge in [0.2, 0.25) is 0 Å². The minimum Gasteiger partial charge on any atom is -0.487 e.